The molecule has 0 aromatic carbocycles. The van der Waals surface area contributed by atoms with Gasteiger partial charge < -0.3 is 10.2 Å². The molecule has 2 aliphatic heterocycles. The molecular weight excluding hydrogens is 220 g/mol. The fourth-order valence-corrected chi connectivity index (χ4v) is 4.52. The van der Waals surface area contributed by atoms with Gasteiger partial charge >= 0.3 is 0 Å². The summed E-state index contributed by atoms with van der Waals surface area (Å²) in [4.78, 5) is 2.85. The van der Waals surface area contributed by atoms with Gasteiger partial charge in [0.15, 0.2) is 0 Å². The van der Waals surface area contributed by atoms with Gasteiger partial charge in [0.25, 0.3) is 0 Å². The van der Waals surface area contributed by atoms with E-state index in [2.05, 4.69) is 10.2 Å². The Morgan fingerprint density at radius 1 is 0.944 bits per heavy atom. The van der Waals surface area contributed by atoms with E-state index in [0.29, 0.717) is 0 Å². The van der Waals surface area contributed by atoms with Crippen LogP contribution >= 0.6 is 0 Å². The predicted molar refractivity (Wildman–Crippen MR) is 76.8 cm³/mol. The second-order valence-corrected chi connectivity index (χ2v) is 6.79. The standard InChI is InChI=1S/C16H30N2/c1-2-7-15(6-1)16-8-4-11-18(16)12-9-14-5-3-10-17-13-14/h14-17H,1-13H2. The highest BCUT2D eigenvalue weighted by Gasteiger charge is 2.33. The normalized spacial score (nSPS) is 35.3. The van der Waals surface area contributed by atoms with Crippen molar-refractivity contribution in [2.45, 2.75) is 63.8 Å². The highest BCUT2D eigenvalue weighted by Crippen LogP contribution is 2.35. The first-order chi connectivity index (χ1) is 8.93. The largest absolute Gasteiger partial charge is 0.316 e. The number of hydrogen-bond donors (Lipinski definition) is 1. The van der Waals surface area contributed by atoms with Gasteiger partial charge in [-0.05, 0) is 83.0 Å². The summed E-state index contributed by atoms with van der Waals surface area (Å²) in [6.07, 6.45) is 13.3. The quantitative estimate of drug-likeness (QED) is 0.825. The lowest BCUT2D eigenvalue weighted by Gasteiger charge is -2.31. The average Bonchev–Trinajstić information content (AvgIpc) is 3.08. The van der Waals surface area contributed by atoms with E-state index in [9.17, 15) is 0 Å². The molecule has 2 nitrogen and oxygen atoms in total. The van der Waals surface area contributed by atoms with E-state index in [4.69, 9.17) is 0 Å². The van der Waals surface area contributed by atoms with E-state index in [1.54, 1.807) is 0 Å². The molecule has 0 radical (unpaired) electrons. The number of nitrogens with zero attached hydrogens (tertiary/aromatic N) is 1. The SMILES string of the molecule is C1CNCC(CCN2CCCC2C2CCCC2)C1. The molecule has 2 heterocycles. The molecule has 0 amide bonds. The zero-order valence-corrected chi connectivity index (χ0v) is 11.9. The van der Waals surface area contributed by atoms with Crippen molar-refractivity contribution in [3.63, 3.8) is 0 Å². The predicted octanol–water partition coefficient (Wildman–Crippen LogP) is 3.03. The summed E-state index contributed by atoms with van der Waals surface area (Å²) in [5, 5.41) is 3.56. The summed E-state index contributed by atoms with van der Waals surface area (Å²) in [6, 6.07) is 0.962. The van der Waals surface area contributed by atoms with Crippen molar-refractivity contribution in [3.05, 3.63) is 0 Å². The van der Waals surface area contributed by atoms with Crippen LogP contribution in [0, 0.1) is 11.8 Å². The first kappa shape index (κ1) is 12.9. The molecule has 1 aliphatic carbocycles. The molecular formula is C16H30N2. The van der Waals surface area contributed by atoms with Crippen molar-refractivity contribution in [3.8, 4) is 0 Å². The third kappa shape index (κ3) is 3.08. The number of hydrogen-bond acceptors (Lipinski definition) is 2. The summed E-state index contributed by atoms with van der Waals surface area (Å²) in [5.41, 5.74) is 0. The minimum atomic E-state index is 0.962. The van der Waals surface area contributed by atoms with Crippen molar-refractivity contribution in [1.29, 1.82) is 0 Å². The first-order valence-corrected chi connectivity index (χ1v) is 8.38. The number of likely N-dealkylation sites (tertiary alicyclic amines) is 1. The zero-order chi connectivity index (χ0) is 12.2. The lowest BCUT2D eigenvalue weighted by atomic mass is 9.94. The van der Waals surface area contributed by atoms with E-state index in [-0.39, 0.29) is 0 Å². The van der Waals surface area contributed by atoms with Gasteiger partial charge in [-0.15, -0.1) is 0 Å². The van der Waals surface area contributed by atoms with Gasteiger partial charge in [0, 0.05) is 6.04 Å². The van der Waals surface area contributed by atoms with E-state index in [0.717, 1.165) is 17.9 Å². The topological polar surface area (TPSA) is 15.3 Å². The van der Waals surface area contributed by atoms with Crippen LogP contribution in [0.4, 0.5) is 0 Å². The molecule has 3 rings (SSSR count). The third-order valence-corrected chi connectivity index (χ3v) is 5.58. The monoisotopic (exact) mass is 250 g/mol. The van der Waals surface area contributed by atoms with Crippen molar-refractivity contribution < 1.29 is 0 Å². The number of rotatable bonds is 4. The fourth-order valence-electron chi connectivity index (χ4n) is 4.52. The van der Waals surface area contributed by atoms with Crippen molar-refractivity contribution in [1.82, 2.24) is 10.2 Å². The van der Waals surface area contributed by atoms with Gasteiger partial charge in [0.1, 0.15) is 0 Å². The van der Waals surface area contributed by atoms with E-state index in [1.165, 1.54) is 84.0 Å². The lowest BCUT2D eigenvalue weighted by molar-refractivity contribution is 0.174. The van der Waals surface area contributed by atoms with Crippen LogP contribution < -0.4 is 5.32 Å². The second kappa shape index (κ2) is 6.38. The Morgan fingerprint density at radius 2 is 1.83 bits per heavy atom. The molecule has 2 unspecified atom stereocenters. The highest BCUT2D eigenvalue weighted by atomic mass is 15.2. The molecule has 2 saturated heterocycles. The lowest BCUT2D eigenvalue weighted by Crippen LogP contribution is -2.38. The van der Waals surface area contributed by atoms with Crippen LogP contribution in [0.15, 0.2) is 0 Å². The van der Waals surface area contributed by atoms with Crippen LogP contribution in [0.1, 0.15) is 57.8 Å². The second-order valence-electron chi connectivity index (χ2n) is 6.79. The number of nitrogens with one attached hydrogen (secondary N) is 1. The molecule has 1 saturated carbocycles. The van der Waals surface area contributed by atoms with Gasteiger partial charge in [-0.3, -0.25) is 0 Å². The Morgan fingerprint density at radius 3 is 2.61 bits per heavy atom. The van der Waals surface area contributed by atoms with Crippen LogP contribution in [0.2, 0.25) is 0 Å². The maximum Gasteiger partial charge on any atom is 0.0124 e. The summed E-state index contributed by atoms with van der Waals surface area (Å²) in [5.74, 6) is 2.01. The minimum Gasteiger partial charge on any atom is -0.316 e. The summed E-state index contributed by atoms with van der Waals surface area (Å²) in [6.45, 7) is 5.31. The van der Waals surface area contributed by atoms with Crippen LogP contribution in [0.3, 0.4) is 0 Å². The van der Waals surface area contributed by atoms with Crippen molar-refractivity contribution >= 4 is 0 Å². The first-order valence-electron chi connectivity index (χ1n) is 8.38. The van der Waals surface area contributed by atoms with Gasteiger partial charge in [-0.25, -0.2) is 0 Å². The Labute approximate surface area is 113 Å². The molecule has 3 fully saturated rings. The van der Waals surface area contributed by atoms with E-state index < -0.39 is 0 Å². The van der Waals surface area contributed by atoms with Crippen molar-refractivity contribution in [2.24, 2.45) is 11.8 Å². The molecule has 0 aromatic heterocycles. The Bertz CT molecular complexity index is 241. The molecule has 0 aromatic rings. The molecule has 1 N–H and O–H groups in total. The molecule has 2 atom stereocenters. The molecule has 0 bridgehead atoms. The van der Waals surface area contributed by atoms with Crippen LogP contribution in [-0.4, -0.2) is 37.1 Å². The summed E-state index contributed by atoms with van der Waals surface area (Å²) in [7, 11) is 0. The van der Waals surface area contributed by atoms with Gasteiger partial charge in [0.2, 0.25) is 0 Å². The molecule has 0 spiro atoms. The fraction of sp³-hybridized carbons (Fsp3) is 1.00. The molecule has 104 valence electrons. The third-order valence-electron chi connectivity index (χ3n) is 5.58. The maximum atomic E-state index is 3.56. The van der Waals surface area contributed by atoms with Gasteiger partial charge in [0.05, 0.1) is 0 Å². The average molecular weight is 250 g/mol. The summed E-state index contributed by atoms with van der Waals surface area (Å²) >= 11 is 0. The Kier molecular flexibility index (Phi) is 4.58. The zero-order valence-electron chi connectivity index (χ0n) is 11.9. The molecule has 18 heavy (non-hydrogen) atoms. The van der Waals surface area contributed by atoms with Crippen molar-refractivity contribution in [2.75, 3.05) is 26.2 Å². The van der Waals surface area contributed by atoms with Gasteiger partial charge in [-0.2, -0.15) is 0 Å². The molecule has 3 aliphatic rings. The maximum absolute atomic E-state index is 3.56. The molecule has 2 heteroatoms. The van der Waals surface area contributed by atoms with Crippen LogP contribution in [-0.2, 0) is 0 Å². The van der Waals surface area contributed by atoms with E-state index in [1.807, 2.05) is 0 Å². The van der Waals surface area contributed by atoms with E-state index >= 15 is 0 Å². The summed E-state index contributed by atoms with van der Waals surface area (Å²) < 4.78 is 0. The highest BCUT2D eigenvalue weighted by molar-refractivity contribution is 4.87. The smallest absolute Gasteiger partial charge is 0.0124 e. The minimum absolute atomic E-state index is 0.962. The Balaban J connectivity index is 1.45. The van der Waals surface area contributed by atoms with Crippen LogP contribution in [0.5, 0.6) is 0 Å². The van der Waals surface area contributed by atoms with Gasteiger partial charge in [-0.1, -0.05) is 12.8 Å². The van der Waals surface area contributed by atoms with Crippen LogP contribution in [0.25, 0.3) is 0 Å². The number of piperidine rings is 1. The Hall–Kier alpha value is -0.0800.